The number of thiazole rings is 1. The van der Waals surface area contributed by atoms with Gasteiger partial charge in [-0.1, -0.05) is 0 Å². The molecular weight excluding hydrogens is 265 g/mol. The first-order chi connectivity index (χ1) is 8.47. The van der Waals surface area contributed by atoms with E-state index >= 15 is 0 Å². The SMILES string of the molecule is O=C(CCC(F)(F)F)N1CCC[C@@H]1c1nccs1. The maximum atomic E-state index is 12.1. The predicted molar refractivity (Wildman–Crippen MR) is 61.1 cm³/mol. The molecule has 100 valence electrons. The van der Waals surface area contributed by atoms with Crippen LogP contribution in [-0.2, 0) is 4.79 Å². The van der Waals surface area contributed by atoms with Crippen molar-refractivity contribution in [3.63, 3.8) is 0 Å². The van der Waals surface area contributed by atoms with E-state index in [1.165, 1.54) is 16.2 Å². The Kier molecular flexibility index (Phi) is 3.89. The van der Waals surface area contributed by atoms with E-state index in [0.717, 1.165) is 17.8 Å². The fraction of sp³-hybridized carbons (Fsp3) is 0.636. The molecule has 1 aliphatic rings. The minimum atomic E-state index is -4.27. The van der Waals surface area contributed by atoms with Gasteiger partial charge in [-0.3, -0.25) is 4.79 Å². The van der Waals surface area contributed by atoms with E-state index in [4.69, 9.17) is 0 Å². The van der Waals surface area contributed by atoms with Crippen LogP contribution >= 0.6 is 11.3 Å². The molecule has 0 spiro atoms. The summed E-state index contributed by atoms with van der Waals surface area (Å²) < 4.78 is 36.3. The average Bonchev–Trinajstić information content (AvgIpc) is 2.94. The topological polar surface area (TPSA) is 33.2 Å². The first-order valence-corrected chi connectivity index (χ1v) is 6.61. The van der Waals surface area contributed by atoms with Crippen LogP contribution in [-0.4, -0.2) is 28.5 Å². The number of rotatable bonds is 3. The van der Waals surface area contributed by atoms with Crippen LogP contribution in [0.2, 0.25) is 0 Å². The zero-order valence-corrected chi connectivity index (χ0v) is 10.4. The van der Waals surface area contributed by atoms with Gasteiger partial charge in [-0.2, -0.15) is 13.2 Å². The summed E-state index contributed by atoms with van der Waals surface area (Å²) in [6.45, 7) is 0.529. The summed E-state index contributed by atoms with van der Waals surface area (Å²) >= 11 is 1.44. The lowest BCUT2D eigenvalue weighted by atomic mass is 10.2. The van der Waals surface area contributed by atoms with Crippen LogP contribution in [0.25, 0.3) is 0 Å². The monoisotopic (exact) mass is 278 g/mol. The van der Waals surface area contributed by atoms with E-state index in [0.29, 0.717) is 6.54 Å². The lowest BCUT2D eigenvalue weighted by Crippen LogP contribution is -2.31. The summed E-state index contributed by atoms with van der Waals surface area (Å²) in [5, 5.41) is 2.62. The number of aromatic nitrogens is 1. The van der Waals surface area contributed by atoms with Crippen molar-refractivity contribution in [2.45, 2.75) is 37.9 Å². The Morgan fingerprint density at radius 3 is 2.94 bits per heavy atom. The third-order valence-electron chi connectivity index (χ3n) is 2.93. The van der Waals surface area contributed by atoms with Crippen molar-refractivity contribution in [1.82, 2.24) is 9.88 Å². The number of hydrogen-bond acceptors (Lipinski definition) is 3. The van der Waals surface area contributed by atoms with Crippen molar-refractivity contribution >= 4 is 17.2 Å². The minimum absolute atomic E-state index is 0.134. The number of amides is 1. The maximum absolute atomic E-state index is 12.1. The number of halogens is 3. The molecule has 0 N–H and O–H groups in total. The molecule has 7 heteroatoms. The Hall–Kier alpha value is -1.11. The van der Waals surface area contributed by atoms with Crippen LogP contribution in [0.4, 0.5) is 13.2 Å². The summed E-state index contributed by atoms with van der Waals surface area (Å²) in [5.74, 6) is -0.426. The number of likely N-dealkylation sites (tertiary alicyclic amines) is 1. The molecule has 1 fully saturated rings. The quantitative estimate of drug-likeness (QED) is 0.851. The number of alkyl halides is 3. The Labute approximate surface area is 107 Å². The molecule has 3 nitrogen and oxygen atoms in total. The smallest absolute Gasteiger partial charge is 0.333 e. The molecule has 2 heterocycles. The second-order valence-electron chi connectivity index (χ2n) is 4.23. The van der Waals surface area contributed by atoms with Crippen molar-refractivity contribution in [3.8, 4) is 0 Å². The summed E-state index contributed by atoms with van der Waals surface area (Å²) in [4.78, 5) is 17.5. The Bertz CT molecular complexity index is 405. The largest absolute Gasteiger partial charge is 0.389 e. The van der Waals surface area contributed by atoms with Crippen LogP contribution in [0.15, 0.2) is 11.6 Å². The number of carbonyl (C=O) groups is 1. The van der Waals surface area contributed by atoms with Gasteiger partial charge in [-0.15, -0.1) is 11.3 Å². The van der Waals surface area contributed by atoms with Gasteiger partial charge >= 0.3 is 6.18 Å². The first kappa shape index (κ1) is 13.3. The van der Waals surface area contributed by atoms with Gasteiger partial charge in [-0.05, 0) is 12.8 Å². The number of nitrogens with zero attached hydrogens (tertiary/aromatic N) is 2. The number of hydrogen-bond donors (Lipinski definition) is 0. The molecule has 1 amide bonds. The van der Waals surface area contributed by atoms with E-state index in [-0.39, 0.29) is 6.04 Å². The summed E-state index contributed by atoms with van der Waals surface area (Å²) in [7, 11) is 0. The van der Waals surface area contributed by atoms with Gasteiger partial charge in [0.1, 0.15) is 5.01 Å². The van der Waals surface area contributed by atoms with Crippen LogP contribution in [0.3, 0.4) is 0 Å². The zero-order chi connectivity index (χ0) is 13.2. The highest BCUT2D eigenvalue weighted by atomic mass is 32.1. The minimum Gasteiger partial charge on any atom is -0.333 e. The normalized spacial score (nSPS) is 20.4. The second kappa shape index (κ2) is 5.26. The third-order valence-corrected chi connectivity index (χ3v) is 3.81. The lowest BCUT2D eigenvalue weighted by molar-refractivity contribution is -0.149. The highest BCUT2D eigenvalue weighted by molar-refractivity contribution is 7.09. The number of carbonyl (C=O) groups excluding carboxylic acids is 1. The molecule has 0 saturated carbocycles. The molecule has 2 rings (SSSR count). The van der Waals surface area contributed by atoms with Crippen LogP contribution in [0.1, 0.15) is 36.7 Å². The lowest BCUT2D eigenvalue weighted by Gasteiger charge is -2.23. The van der Waals surface area contributed by atoms with Crippen LogP contribution in [0.5, 0.6) is 0 Å². The molecule has 0 radical (unpaired) electrons. The fourth-order valence-corrected chi connectivity index (χ4v) is 2.90. The van der Waals surface area contributed by atoms with Crippen molar-refractivity contribution in [2.24, 2.45) is 0 Å². The van der Waals surface area contributed by atoms with E-state index in [2.05, 4.69) is 4.98 Å². The van der Waals surface area contributed by atoms with Gasteiger partial charge in [0, 0.05) is 24.5 Å². The van der Waals surface area contributed by atoms with Gasteiger partial charge in [-0.25, -0.2) is 4.98 Å². The van der Waals surface area contributed by atoms with Gasteiger partial charge in [0.2, 0.25) is 5.91 Å². The molecule has 0 bridgehead atoms. The molecule has 0 aliphatic carbocycles. The van der Waals surface area contributed by atoms with Crippen molar-refractivity contribution in [2.75, 3.05) is 6.54 Å². The standard InChI is InChI=1S/C11H13F3N2OS/c12-11(13,14)4-3-9(17)16-6-1-2-8(16)10-15-5-7-18-10/h5,7-8H,1-4,6H2/t8-/m1/s1. The first-order valence-electron chi connectivity index (χ1n) is 5.73. The van der Waals surface area contributed by atoms with Crippen LogP contribution in [0, 0.1) is 0 Å². The van der Waals surface area contributed by atoms with Gasteiger partial charge < -0.3 is 4.90 Å². The highest BCUT2D eigenvalue weighted by Gasteiger charge is 2.34. The molecule has 1 atom stereocenters. The zero-order valence-electron chi connectivity index (χ0n) is 9.61. The molecule has 0 aromatic carbocycles. The van der Waals surface area contributed by atoms with Crippen LogP contribution < -0.4 is 0 Å². The fourth-order valence-electron chi connectivity index (χ4n) is 2.11. The predicted octanol–water partition coefficient (Wildman–Crippen LogP) is 3.15. The molecule has 1 saturated heterocycles. The van der Waals surface area contributed by atoms with Crippen molar-refractivity contribution in [1.29, 1.82) is 0 Å². The molecular formula is C11H13F3N2OS. The third kappa shape index (κ3) is 3.22. The molecule has 0 unspecified atom stereocenters. The second-order valence-corrected chi connectivity index (χ2v) is 5.16. The average molecular weight is 278 g/mol. The van der Waals surface area contributed by atoms with E-state index in [1.807, 2.05) is 5.38 Å². The molecule has 1 aliphatic heterocycles. The van der Waals surface area contributed by atoms with Gasteiger partial charge in [0.15, 0.2) is 0 Å². The Morgan fingerprint density at radius 1 is 1.56 bits per heavy atom. The maximum Gasteiger partial charge on any atom is 0.389 e. The Balaban J connectivity index is 1.97. The molecule has 1 aromatic rings. The summed E-state index contributed by atoms with van der Waals surface area (Å²) in [5.41, 5.74) is 0. The van der Waals surface area contributed by atoms with E-state index in [9.17, 15) is 18.0 Å². The Morgan fingerprint density at radius 2 is 2.33 bits per heavy atom. The molecule has 18 heavy (non-hydrogen) atoms. The van der Waals surface area contributed by atoms with Crippen molar-refractivity contribution in [3.05, 3.63) is 16.6 Å². The van der Waals surface area contributed by atoms with Gasteiger partial charge in [0.05, 0.1) is 12.5 Å². The van der Waals surface area contributed by atoms with Gasteiger partial charge in [0.25, 0.3) is 0 Å². The van der Waals surface area contributed by atoms with Crippen molar-refractivity contribution < 1.29 is 18.0 Å². The molecule has 1 aromatic heterocycles. The highest BCUT2D eigenvalue weighted by Crippen LogP contribution is 2.34. The van der Waals surface area contributed by atoms with E-state index in [1.54, 1.807) is 6.20 Å². The summed E-state index contributed by atoms with van der Waals surface area (Å²) in [6.07, 6.45) is -2.53. The summed E-state index contributed by atoms with van der Waals surface area (Å²) in [6, 6.07) is -0.134. The van der Waals surface area contributed by atoms with E-state index < -0.39 is 24.9 Å².